The molecule has 5 heterocycles. The lowest BCUT2D eigenvalue weighted by Crippen LogP contribution is -2.42. The molecule has 17 heteroatoms. The second kappa shape index (κ2) is 20.9. The molecule has 4 fully saturated rings. The molecule has 69 heavy (non-hydrogen) atoms. The molecule has 4 aromatic heterocycles. The van der Waals surface area contributed by atoms with Crippen molar-refractivity contribution in [2.75, 3.05) is 30.3 Å². The molecule has 0 unspecified atom stereocenters. The third kappa shape index (κ3) is 12.7. The zero-order valence-electron chi connectivity index (χ0n) is 42.3. The van der Waals surface area contributed by atoms with E-state index >= 15 is 0 Å². The van der Waals surface area contributed by atoms with Gasteiger partial charge >= 0.3 is 0 Å². The summed E-state index contributed by atoms with van der Waals surface area (Å²) in [5.74, 6) is 2.25. The third-order valence-corrected chi connectivity index (χ3v) is 16.0. The lowest BCUT2D eigenvalue weighted by molar-refractivity contribution is 0.0629. The average molecular weight is 984 g/mol. The van der Waals surface area contributed by atoms with E-state index in [2.05, 4.69) is 75.8 Å². The summed E-state index contributed by atoms with van der Waals surface area (Å²) in [7, 11) is 0. The Hall–Kier alpha value is -4.84. The van der Waals surface area contributed by atoms with Crippen molar-refractivity contribution in [2.24, 2.45) is 23.7 Å². The number of pyridine rings is 2. The average Bonchev–Trinajstić information content (AvgIpc) is 3.54. The molecular weight excluding hydrogens is 911 g/mol. The van der Waals surface area contributed by atoms with Gasteiger partial charge in [-0.25, -0.2) is 19.9 Å². The minimum Gasteiger partial charge on any atom is -0.389 e. The number of hydrogen-bond acceptors (Lipinski definition) is 14. The number of piperidine rings is 1. The number of nitrogens with zero attached hydrogens (tertiary/aromatic N) is 5. The van der Waals surface area contributed by atoms with Gasteiger partial charge in [-0.2, -0.15) is 0 Å². The minimum atomic E-state index is -1.05. The number of aliphatic hydroxyl groups is 2. The number of nitrogens with one attached hydrogen (secondary N) is 4. The topological polar surface area (TPSA) is 212 Å². The molecule has 3 aliphatic carbocycles. The van der Waals surface area contributed by atoms with E-state index in [0.29, 0.717) is 45.4 Å². The van der Waals surface area contributed by atoms with Crippen LogP contribution in [0.5, 0.6) is 0 Å². The van der Waals surface area contributed by atoms with Crippen molar-refractivity contribution in [1.82, 2.24) is 35.5 Å². The third-order valence-electron chi connectivity index (χ3n) is 13.8. The fraction of sp³-hybridized carbons (Fsp3) is 0.615. The number of anilines is 2. The lowest BCUT2D eigenvalue weighted by atomic mass is 9.90. The van der Waals surface area contributed by atoms with E-state index in [9.17, 15) is 29.4 Å². The van der Waals surface area contributed by atoms with Crippen molar-refractivity contribution in [1.29, 1.82) is 0 Å². The fourth-order valence-corrected chi connectivity index (χ4v) is 12.0. The van der Waals surface area contributed by atoms with Crippen molar-refractivity contribution < 1.29 is 29.4 Å². The summed E-state index contributed by atoms with van der Waals surface area (Å²) in [4.78, 5) is 74.7. The van der Waals surface area contributed by atoms with Gasteiger partial charge in [0.2, 0.25) is 0 Å². The van der Waals surface area contributed by atoms with Gasteiger partial charge in [0.15, 0.2) is 15.8 Å². The Labute approximate surface area is 415 Å². The second-order valence-electron chi connectivity index (χ2n) is 22.0. The van der Waals surface area contributed by atoms with E-state index in [1.165, 1.54) is 35.5 Å². The molecule has 0 radical (unpaired) electrons. The number of amides is 3. The number of Topliss-reactive ketones (excluding diaryl/α,β-unsaturated/α-hetero) is 1. The first-order valence-electron chi connectivity index (χ1n) is 24.8. The Morgan fingerprint density at radius 3 is 1.70 bits per heavy atom. The number of rotatable bonds is 16. The molecule has 1 atom stereocenters. The summed E-state index contributed by atoms with van der Waals surface area (Å²) in [5, 5.41) is 32.8. The van der Waals surface area contributed by atoms with Crippen LogP contribution in [0.2, 0.25) is 0 Å². The molecule has 3 saturated carbocycles. The fourth-order valence-electron chi connectivity index (χ4n) is 9.89. The van der Waals surface area contributed by atoms with Crippen molar-refractivity contribution in [3.8, 4) is 20.9 Å². The number of aryl methyl sites for hydroxylation is 2. The molecule has 4 aromatic rings. The van der Waals surface area contributed by atoms with Crippen LogP contribution in [-0.4, -0.2) is 107 Å². The number of hydrogen-bond donors (Lipinski definition) is 6. The highest BCUT2D eigenvalue weighted by Gasteiger charge is 2.47. The molecule has 6 N–H and O–H groups in total. The first-order chi connectivity index (χ1) is 32.4. The van der Waals surface area contributed by atoms with Crippen LogP contribution >= 0.6 is 22.7 Å². The van der Waals surface area contributed by atoms with Gasteiger partial charge in [0.1, 0.15) is 23.0 Å². The standard InChI is InChI=1S/C27H39N5O3S.C25H34N4O3S/c1-16-13-20(31-27(5,6)18-10-11-18)28-14-19(16)22-21(25(34)32-12-8-7-9-17(32)2)30-24(36-22)23(33)29-15-26(3,4)35;1-13(2)28-18-10-14(3)17(11-26-18)22-20(21(30)19-15-6-7-16(19)9-8-15)29-24(33-22)23(31)27-12-25(4,5)32/h13-14,17-18,35H,7-12,15H2,1-6H3,(H,28,31)(H,29,33);10-11,13,15-16,19,32H,6-9,12H2,1-5H3,(H,26,28)(H,27,31)/t17-;/m0./s1. The molecular formula is C52H73N9O6S2. The molecule has 1 aliphatic heterocycles. The molecule has 1 saturated heterocycles. The van der Waals surface area contributed by atoms with Crippen LogP contribution < -0.4 is 21.3 Å². The Bertz CT molecular complexity index is 2510. The van der Waals surface area contributed by atoms with Crippen molar-refractivity contribution >= 4 is 57.8 Å². The quantitative estimate of drug-likeness (QED) is 0.0581. The van der Waals surface area contributed by atoms with Crippen LogP contribution in [0.15, 0.2) is 24.5 Å². The maximum absolute atomic E-state index is 13.7. The first-order valence-corrected chi connectivity index (χ1v) is 26.4. The van der Waals surface area contributed by atoms with E-state index in [1.54, 1.807) is 40.1 Å². The van der Waals surface area contributed by atoms with Crippen molar-refractivity contribution in [3.63, 3.8) is 0 Å². The van der Waals surface area contributed by atoms with Gasteiger partial charge in [-0.3, -0.25) is 19.2 Å². The number of carbonyl (C=O) groups is 4. The highest BCUT2D eigenvalue weighted by molar-refractivity contribution is 7.17. The van der Waals surface area contributed by atoms with Crippen molar-refractivity contribution in [2.45, 2.75) is 163 Å². The molecule has 15 nitrogen and oxygen atoms in total. The van der Waals surface area contributed by atoms with Gasteiger partial charge in [0.25, 0.3) is 17.7 Å². The van der Waals surface area contributed by atoms with Gasteiger partial charge in [0, 0.05) is 66.7 Å². The zero-order valence-corrected chi connectivity index (χ0v) is 44.0. The number of fused-ring (bicyclic) bond motifs is 2. The monoisotopic (exact) mass is 984 g/mol. The van der Waals surface area contributed by atoms with Crippen molar-refractivity contribution in [3.05, 3.63) is 57.1 Å². The maximum atomic E-state index is 13.7. The van der Waals surface area contributed by atoms with E-state index in [1.807, 2.05) is 30.9 Å². The molecule has 374 valence electrons. The van der Waals surface area contributed by atoms with E-state index in [0.717, 1.165) is 78.8 Å². The van der Waals surface area contributed by atoms with Crippen LogP contribution in [-0.2, 0) is 0 Å². The molecule has 0 spiro atoms. The summed E-state index contributed by atoms with van der Waals surface area (Å²) in [6, 6.07) is 4.36. The number of ketones is 1. The number of carbonyl (C=O) groups excluding carboxylic acids is 4. The van der Waals surface area contributed by atoms with Crippen LogP contribution in [0.4, 0.5) is 11.6 Å². The van der Waals surface area contributed by atoms with Gasteiger partial charge < -0.3 is 36.4 Å². The Morgan fingerprint density at radius 1 is 0.725 bits per heavy atom. The molecule has 8 rings (SSSR count). The predicted molar refractivity (Wildman–Crippen MR) is 274 cm³/mol. The molecule has 2 bridgehead atoms. The Kier molecular flexibility index (Phi) is 15.7. The SMILES string of the molecule is Cc1cc(NC(C)(C)C2CC2)ncc1-c1sc(C(=O)NCC(C)(C)O)nc1C(=O)N1CCCC[C@@H]1C.Cc1cc(NC(C)C)ncc1-c1sc(C(=O)NCC(C)(C)O)nc1C(=O)C1C2CCC1CC2. The largest absolute Gasteiger partial charge is 0.389 e. The lowest BCUT2D eigenvalue weighted by Gasteiger charge is -2.33. The zero-order chi connectivity index (χ0) is 50.2. The van der Waals surface area contributed by atoms with Gasteiger partial charge in [-0.15, -0.1) is 22.7 Å². The van der Waals surface area contributed by atoms with E-state index < -0.39 is 17.1 Å². The normalized spacial score (nSPS) is 20.3. The van der Waals surface area contributed by atoms with Crippen LogP contribution in [0.3, 0.4) is 0 Å². The van der Waals surface area contributed by atoms with Gasteiger partial charge in [-0.1, -0.05) is 0 Å². The number of aromatic nitrogens is 4. The van der Waals surface area contributed by atoms with Crippen LogP contribution in [0, 0.1) is 37.5 Å². The molecule has 3 amide bonds. The maximum Gasteiger partial charge on any atom is 0.280 e. The summed E-state index contributed by atoms with van der Waals surface area (Å²) in [6.45, 7) is 22.0. The predicted octanol–water partition coefficient (Wildman–Crippen LogP) is 9.08. The Balaban J connectivity index is 0.000000205. The number of thiazole rings is 2. The summed E-state index contributed by atoms with van der Waals surface area (Å²) in [5.41, 5.74) is 2.16. The smallest absolute Gasteiger partial charge is 0.280 e. The minimum absolute atomic E-state index is 0.00767. The summed E-state index contributed by atoms with van der Waals surface area (Å²) >= 11 is 2.43. The van der Waals surface area contributed by atoms with Crippen LogP contribution in [0.25, 0.3) is 20.9 Å². The highest BCUT2D eigenvalue weighted by Crippen LogP contribution is 2.51. The van der Waals surface area contributed by atoms with Gasteiger partial charge in [-0.05, 0) is 175 Å². The van der Waals surface area contributed by atoms with E-state index in [-0.39, 0.29) is 64.2 Å². The first kappa shape index (κ1) is 52.0. The molecule has 0 aromatic carbocycles. The molecule has 4 aliphatic rings. The summed E-state index contributed by atoms with van der Waals surface area (Å²) < 4.78 is 0. The number of likely N-dealkylation sites (tertiary alicyclic amines) is 1. The van der Waals surface area contributed by atoms with Gasteiger partial charge in [0.05, 0.1) is 21.0 Å². The highest BCUT2D eigenvalue weighted by atomic mass is 32.1. The Morgan fingerprint density at radius 2 is 1.22 bits per heavy atom. The van der Waals surface area contributed by atoms with Crippen LogP contribution in [0.1, 0.15) is 172 Å². The second-order valence-corrected chi connectivity index (χ2v) is 24.0. The van der Waals surface area contributed by atoms with E-state index in [4.69, 9.17) is 0 Å². The summed E-state index contributed by atoms with van der Waals surface area (Å²) in [6.07, 6.45) is 13.5.